The minimum atomic E-state index is 0.852. The molecule has 0 aliphatic heterocycles. The van der Waals surface area contributed by atoms with E-state index in [0.29, 0.717) is 0 Å². The van der Waals surface area contributed by atoms with Crippen LogP contribution < -0.4 is 4.57 Å². The molecule has 0 aliphatic carbocycles. The van der Waals surface area contributed by atoms with Crippen LogP contribution in [0.4, 0.5) is 0 Å². The third-order valence-electron chi connectivity index (χ3n) is 6.74. The largest absolute Gasteiger partial charge is 0.416 e. The van der Waals surface area contributed by atoms with Gasteiger partial charge in [0.25, 0.3) is 5.82 Å². The molecule has 0 N–H and O–H groups in total. The molecule has 0 unspecified atom stereocenters. The van der Waals surface area contributed by atoms with E-state index in [0.717, 1.165) is 22.6 Å². The zero-order chi connectivity index (χ0) is 21.4. The lowest BCUT2D eigenvalue weighted by atomic mass is 9.94. The summed E-state index contributed by atoms with van der Waals surface area (Å²) < 4.78 is 10.8. The minimum absolute atomic E-state index is 0.852. The van der Waals surface area contributed by atoms with E-state index in [9.17, 15) is 0 Å². The summed E-state index contributed by atoms with van der Waals surface area (Å²) in [5.74, 6) is 1.13. The second-order valence-electron chi connectivity index (χ2n) is 8.61. The molecule has 0 fully saturated rings. The van der Waals surface area contributed by atoms with Gasteiger partial charge in [0.2, 0.25) is 0 Å². The van der Waals surface area contributed by atoms with Gasteiger partial charge in [0.1, 0.15) is 0 Å². The van der Waals surface area contributed by atoms with Gasteiger partial charge in [-0.15, -0.1) is 0 Å². The van der Waals surface area contributed by atoms with Crippen molar-refractivity contribution >= 4 is 49.1 Å². The molecule has 2 aromatic heterocycles. The molecule has 0 atom stereocenters. The van der Waals surface area contributed by atoms with Gasteiger partial charge in [-0.3, -0.25) is 0 Å². The highest BCUT2D eigenvalue weighted by Crippen LogP contribution is 2.38. The molecular formula is C29H21N2O+. The lowest BCUT2D eigenvalue weighted by Gasteiger charge is -2.09. The second kappa shape index (κ2) is 6.21. The number of benzene rings is 5. The van der Waals surface area contributed by atoms with Gasteiger partial charge in [-0.25, -0.2) is 4.57 Å². The van der Waals surface area contributed by atoms with Gasteiger partial charge in [-0.1, -0.05) is 66.7 Å². The number of hydrogen-bond acceptors (Lipinski definition) is 1. The molecule has 2 heterocycles. The van der Waals surface area contributed by atoms with E-state index in [1.54, 1.807) is 0 Å². The van der Waals surface area contributed by atoms with Crippen molar-refractivity contribution in [1.82, 2.24) is 4.40 Å². The average molecular weight is 414 g/mol. The lowest BCUT2D eigenvalue weighted by Crippen LogP contribution is -2.28. The molecule has 0 aliphatic rings. The van der Waals surface area contributed by atoms with E-state index in [2.05, 4.69) is 114 Å². The first-order valence-electron chi connectivity index (χ1n) is 10.9. The van der Waals surface area contributed by atoms with E-state index in [-0.39, 0.29) is 0 Å². The normalized spacial score (nSPS) is 12.1. The molecule has 152 valence electrons. The Morgan fingerprint density at radius 2 is 1.25 bits per heavy atom. The summed E-state index contributed by atoms with van der Waals surface area (Å²) in [6, 6.07) is 30.4. The van der Waals surface area contributed by atoms with Crippen molar-refractivity contribution in [3.8, 4) is 11.4 Å². The van der Waals surface area contributed by atoms with Crippen molar-refractivity contribution in [2.45, 2.75) is 6.92 Å². The molecule has 32 heavy (non-hydrogen) atoms. The SMILES string of the molecule is Cc1ccccc1-c1n2c(c[n+]1C)oc1cc3c4ccccc4c4ccccc4c3cc12. The van der Waals surface area contributed by atoms with Crippen molar-refractivity contribution in [3.05, 3.63) is 96.7 Å². The fourth-order valence-electron chi connectivity index (χ4n) is 5.27. The van der Waals surface area contributed by atoms with Crippen LogP contribution in [0.25, 0.3) is 60.5 Å². The Kier molecular flexibility index (Phi) is 3.41. The summed E-state index contributed by atoms with van der Waals surface area (Å²) in [6.45, 7) is 2.16. The monoisotopic (exact) mass is 413 g/mol. The van der Waals surface area contributed by atoms with Crippen LogP contribution in [0.15, 0.2) is 95.5 Å². The molecule has 7 rings (SSSR count). The average Bonchev–Trinajstić information content (AvgIpc) is 3.32. The van der Waals surface area contributed by atoms with Crippen LogP contribution in [0.3, 0.4) is 0 Å². The molecule has 3 heteroatoms. The Morgan fingerprint density at radius 1 is 0.688 bits per heavy atom. The van der Waals surface area contributed by atoms with Gasteiger partial charge < -0.3 is 4.42 Å². The van der Waals surface area contributed by atoms with Crippen LogP contribution in [0, 0.1) is 6.92 Å². The van der Waals surface area contributed by atoms with E-state index >= 15 is 0 Å². The summed E-state index contributed by atoms with van der Waals surface area (Å²) in [6.07, 6.45) is 2.07. The molecule has 0 amide bonds. The fraction of sp³-hybridized carbons (Fsp3) is 0.0690. The number of nitrogens with zero attached hydrogens (tertiary/aromatic N) is 2. The van der Waals surface area contributed by atoms with Crippen molar-refractivity contribution in [3.63, 3.8) is 0 Å². The first-order valence-corrected chi connectivity index (χ1v) is 10.9. The molecule has 0 radical (unpaired) electrons. The maximum atomic E-state index is 6.39. The standard InChI is InChI=1S/C29H21N2O/c1-18-9-3-4-10-19(18)29-30(2)17-28-31(29)26-15-24-22-13-7-5-11-20(22)21-12-6-8-14-23(21)25(24)16-27(26)32-28/h3-17H,1-2H3/q+1. The Balaban J connectivity index is 1.70. The van der Waals surface area contributed by atoms with Crippen molar-refractivity contribution < 1.29 is 8.98 Å². The van der Waals surface area contributed by atoms with Gasteiger partial charge >= 0.3 is 5.71 Å². The fourth-order valence-corrected chi connectivity index (χ4v) is 5.27. The summed E-state index contributed by atoms with van der Waals surface area (Å²) in [5.41, 5.74) is 5.30. The highest BCUT2D eigenvalue weighted by atomic mass is 16.3. The van der Waals surface area contributed by atoms with Crippen molar-refractivity contribution in [2.24, 2.45) is 7.05 Å². The smallest absolute Gasteiger partial charge is 0.336 e. The van der Waals surface area contributed by atoms with Gasteiger partial charge in [-0.2, -0.15) is 4.40 Å². The summed E-state index contributed by atoms with van der Waals surface area (Å²) in [5, 5.41) is 7.57. The molecule has 0 saturated carbocycles. The maximum absolute atomic E-state index is 6.39. The highest BCUT2D eigenvalue weighted by Gasteiger charge is 2.26. The van der Waals surface area contributed by atoms with Gasteiger partial charge in [-0.05, 0) is 63.0 Å². The Hall–Kier alpha value is -4.11. The topological polar surface area (TPSA) is 21.4 Å². The highest BCUT2D eigenvalue weighted by molar-refractivity contribution is 6.26. The van der Waals surface area contributed by atoms with Crippen molar-refractivity contribution in [2.75, 3.05) is 0 Å². The van der Waals surface area contributed by atoms with Crippen molar-refractivity contribution in [1.29, 1.82) is 0 Å². The predicted octanol–water partition coefficient (Wildman–Crippen LogP) is 6.95. The summed E-state index contributed by atoms with van der Waals surface area (Å²) in [4.78, 5) is 0. The summed E-state index contributed by atoms with van der Waals surface area (Å²) in [7, 11) is 2.08. The van der Waals surface area contributed by atoms with E-state index in [4.69, 9.17) is 4.42 Å². The first-order chi connectivity index (χ1) is 15.7. The lowest BCUT2D eigenvalue weighted by molar-refractivity contribution is -0.658. The zero-order valence-corrected chi connectivity index (χ0v) is 18.0. The molecule has 0 saturated heterocycles. The van der Waals surface area contributed by atoms with Crippen LogP contribution >= 0.6 is 0 Å². The predicted molar refractivity (Wildman–Crippen MR) is 131 cm³/mol. The number of aryl methyl sites for hydroxylation is 2. The van der Waals surface area contributed by atoms with Crippen LogP contribution in [0.1, 0.15) is 5.56 Å². The van der Waals surface area contributed by atoms with E-state index < -0.39 is 0 Å². The molecular weight excluding hydrogens is 392 g/mol. The molecule has 7 aromatic rings. The zero-order valence-electron chi connectivity index (χ0n) is 18.0. The first kappa shape index (κ1) is 17.6. The number of rotatable bonds is 1. The third-order valence-corrected chi connectivity index (χ3v) is 6.74. The molecule has 0 spiro atoms. The number of imidazole rings is 1. The number of aromatic nitrogens is 2. The number of oxazole rings is 1. The molecule has 0 bridgehead atoms. The number of hydrogen-bond donors (Lipinski definition) is 0. The van der Waals surface area contributed by atoms with Gasteiger partial charge in [0, 0.05) is 0 Å². The summed E-state index contributed by atoms with van der Waals surface area (Å²) >= 11 is 0. The van der Waals surface area contributed by atoms with Crippen LogP contribution in [0.2, 0.25) is 0 Å². The number of fused-ring (bicyclic) bond motifs is 9. The molecule has 5 aromatic carbocycles. The van der Waals surface area contributed by atoms with Crippen LogP contribution in [-0.4, -0.2) is 4.40 Å². The Bertz CT molecular complexity index is 1850. The van der Waals surface area contributed by atoms with E-state index in [1.807, 2.05) is 0 Å². The van der Waals surface area contributed by atoms with E-state index in [1.165, 1.54) is 43.4 Å². The van der Waals surface area contributed by atoms with Crippen LogP contribution in [0.5, 0.6) is 0 Å². The second-order valence-corrected chi connectivity index (χ2v) is 8.61. The van der Waals surface area contributed by atoms with Gasteiger partial charge in [0.15, 0.2) is 17.3 Å². The Labute approximate surface area is 184 Å². The quantitative estimate of drug-likeness (QED) is 0.211. The van der Waals surface area contributed by atoms with Gasteiger partial charge in [0.05, 0.1) is 12.6 Å². The molecule has 3 nitrogen and oxygen atoms in total. The maximum Gasteiger partial charge on any atom is 0.336 e. The Morgan fingerprint density at radius 3 is 1.91 bits per heavy atom. The minimum Gasteiger partial charge on any atom is -0.416 e. The third kappa shape index (κ3) is 2.23. The van der Waals surface area contributed by atoms with Crippen LogP contribution in [-0.2, 0) is 7.05 Å².